The van der Waals surface area contributed by atoms with E-state index in [2.05, 4.69) is 237 Å². The van der Waals surface area contributed by atoms with Gasteiger partial charge in [-0.2, -0.15) is 0 Å². The van der Waals surface area contributed by atoms with Gasteiger partial charge in [-0.05, 0) is 115 Å². The molecule has 0 amide bonds. The summed E-state index contributed by atoms with van der Waals surface area (Å²) in [4.78, 5) is 10.8. The van der Waals surface area contributed by atoms with Gasteiger partial charge in [0.05, 0.1) is 22.4 Å². The summed E-state index contributed by atoms with van der Waals surface area (Å²) in [5.41, 5.74) is 18.0. The minimum Gasteiger partial charge on any atom is -0.309 e. The molecule has 0 spiro atoms. The molecule has 13 rings (SSSR count). The number of hydrogen-bond acceptors (Lipinski definition) is 2. The van der Waals surface area contributed by atoms with Crippen LogP contribution in [0.1, 0.15) is 25.0 Å². The highest BCUT2D eigenvalue weighted by Crippen LogP contribution is 2.50. The molecule has 1 aliphatic carbocycles. The third-order valence-corrected chi connectivity index (χ3v) is 14.0. The molecule has 2 heterocycles. The molecule has 1 aliphatic rings. The van der Waals surface area contributed by atoms with Crippen LogP contribution in [0.15, 0.2) is 224 Å². The first kappa shape index (κ1) is 38.1. The molecule has 0 fully saturated rings. The zero-order valence-electron chi connectivity index (χ0n) is 36.7. The fourth-order valence-electron chi connectivity index (χ4n) is 10.7. The Labute approximate surface area is 384 Å². The molecule has 0 atom stereocenters. The summed E-state index contributed by atoms with van der Waals surface area (Å²) in [6.45, 7) is 4.67. The van der Waals surface area contributed by atoms with Crippen LogP contribution in [0, 0.1) is 0 Å². The molecule has 0 N–H and O–H groups in total. The van der Waals surface area contributed by atoms with Crippen LogP contribution >= 0.6 is 0 Å². The van der Waals surface area contributed by atoms with Crippen molar-refractivity contribution in [2.45, 2.75) is 19.3 Å². The maximum atomic E-state index is 5.46. The van der Waals surface area contributed by atoms with Crippen LogP contribution in [-0.2, 0) is 5.41 Å². The second kappa shape index (κ2) is 14.8. The highest BCUT2D eigenvalue weighted by atomic mass is 15.0. The van der Waals surface area contributed by atoms with Gasteiger partial charge in [-0.25, -0.2) is 9.97 Å². The average Bonchev–Trinajstić information content (AvgIpc) is 3.83. The van der Waals surface area contributed by atoms with E-state index < -0.39 is 0 Å². The molecule has 12 aromatic rings. The Kier molecular flexibility index (Phi) is 8.56. The number of aromatic nitrogens is 3. The summed E-state index contributed by atoms with van der Waals surface area (Å²) in [5.74, 6) is 0.693. The molecule has 0 bridgehead atoms. The highest BCUT2D eigenvalue weighted by molar-refractivity contribution is 6.14. The number of para-hydroxylation sites is 1. The van der Waals surface area contributed by atoms with E-state index in [-0.39, 0.29) is 5.41 Å². The molecule has 310 valence electrons. The number of benzene rings is 10. The van der Waals surface area contributed by atoms with Crippen LogP contribution in [0.4, 0.5) is 0 Å². The molecular weight excluding hydrogens is 799 g/mol. The van der Waals surface area contributed by atoms with Crippen molar-refractivity contribution in [1.82, 2.24) is 14.5 Å². The van der Waals surface area contributed by atoms with E-state index in [1.807, 2.05) is 6.07 Å². The highest BCUT2D eigenvalue weighted by Gasteiger charge is 2.35. The third-order valence-electron chi connectivity index (χ3n) is 14.0. The van der Waals surface area contributed by atoms with Crippen LogP contribution in [0.2, 0.25) is 0 Å². The molecule has 3 heteroatoms. The largest absolute Gasteiger partial charge is 0.309 e. The quantitative estimate of drug-likeness (QED) is 0.156. The molecule has 0 aliphatic heterocycles. The molecule has 0 saturated carbocycles. The first-order chi connectivity index (χ1) is 32.5. The summed E-state index contributed by atoms with van der Waals surface area (Å²) in [6, 6.07) is 81.6. The molecule has 0 unspecified atom stereocenters. The maximum Gasteiger partial charge on any atom is 0.160 e. The second-order valence-electron chi connectivity index (χ2n) is 18.2. The van der Waals surface area contributed by atoms with Crippen molar-refractivity contribution in [3.8, 4) is 73.0 Å². The van der Waals surface area contributed by atoms with Crippen molar-refractivity contribution in [2.75, 3.05) is 0 Å². The summed E-state index contributed by atoms with van der Waals surface area (Å²) in [7, 11) is 0. The maximum absolute atomic E-state index is 5.46. The van der Waals surface area contributed by atoms with E-state index in [4.69, 9.17) is 9.97 Å². The fraction of sp³-hybridized carbons (Fsp3) is 0.0476. The smallest absolute Gasteiger partial charge is 0.160 e. The van der Waals surface area contributed by atoms with Gasteiger partial charge in [0.2, 0.25) is 0 Å². The monoisotopic (exact) mass is 841 g/mol. The van der Waals surface area contributed by atoms with Crippen molar-refractivity contribution in [1.29, 1.82) is 0 Å². The van der Waals surface area contributed by atoms with Crippen LogP contribution < -0.4 is 0 Å². The van der Waals surface area contributed by atoms with E-state index in [0.717, 1.165) is 50.4 Å². The molecule has 66 heavy (non-hydrogen) atoms. The van der Waals surface area contributed by atoms with Gasteiger partial charge >= 0.3 is 0 Å². The zero-order valence-corrected chi connectivity index (χ0v) is 36.7. The Balaban J connectivity index is 1.09. The summed E-state index contributed by atoms with van der Waals surface area (Å²) >= 11 is 0. The predicted octanol–water partition coefficient (Wildman–Crippen LogP) is 16.5. The third kappa shape index (κ3) is 6.04. The summed E-state index contributed by atoms with van der Waals surface area (Å²) in [6.07, 6.45) is 0. The summed E-state index contributed by atoms with van der Waals surface area (Å²) in [5, 5.41) is 7.33. The van der Waals surface area contributed by atoms with Gasteiger partial charge in [0.15, 0.2) is 5.82 Å². The minimum atomic E-state index is -0.144. The average molecular weight is 842 g/mol. The molecule has 3 nitrogen and oxygen atoms in total. The van der Waals surface area contributed by atoms with Crippen molar-refractivity contribution in [3.05, 3.63) is 236 Å². The molecule has 2 aromatic heterocycles. The van der Waals surface area contributed by atoms with Crippen LogP contribution in [-0.4, -0.2) is 14.5 Å². The predicted molar refractivity (Wildman–Crippen MR) is 276 cm³/mol. The lowest BCUT2D eigenvalue weighted by molar-refractivity contribution is 0.660. The van der Waals surface area contributed by atoms with E-state index in [1.165, 1.54) is 71.3 Å². The zero-order chi connectivity index (χ0) is 43.9. The lowest BCUT2D eigenvalue weighted by Crippen LogP contribution is -2.14. The Hall–Kier alpha value is -8.40. The van der Waals surface area contributed by atoms with Crippen molar-refractivity contribution < 1.29 is 0 Å². The lowest BCUT2D eigenvalue weighted by Gasteiger charge is -2.22. The molecule has 0 radical (unpaired) electrons. The first-order valence-corrected chi connectivity index (χ1v) is 22.8. The Morgan fingerprint density at radius 2 is 0.939 bits per heavy atom. The van der Waals surface area contributed by atoms with Crippen molar-refractivity contribution >= 4 is 43.4 Å². The van der Waals surface area contributed by atoms with Gasteiger partial charge in [0.1, 0.15) is 0 Å². The Morgan fingerprint density at radius 3 is 1.76 bits per heavy atom. The van der Waals surface area contributed by atoms with Gasteiger partial charge in [-0.15, -0.1) is 0 Å². The minimum absolute atomic E-state index is 0.144. The number of rotatable bonds is 6. The Bertz CT molecular complexity index is 3900. The SMILES string of the molecule is CC1(C)c2ccccc2-c2ccc(-c3cc(-c4cc(-c5cc6ccccc6c6ccccc56)cc(-n5c6ccccc6c6ccc(-c7ccccc7)cc65)c4)nc(-c4ccccc4)n3)cc21. The molecule has 10 aromatic carbocycles. The van der Waals surface area contributed by atoms with Crippen LogP contribution in [0.3, 0.4) is 0 Å². The van der Waals surface area contributed by atoms with Crippen LogP contribution in [0.25, 0.3) is 116 Å². The van der Waals surface area contributed by atoms with Crippen molar-refractivity contribution in [2.24, 2.45) is 0 Å². The number of fused-ring (bicyclic) bond motifs is 9. The summed E-state index contributed by atoms with van der Waals surface area (Å²) < 4.78 is 2.45. The van der Waals surface area contributed by atoms with E-state index >= 15 is 0 Å². The fourth-order valence-corrected chi connectivity index (χ4v) is 10.7. The second-order valence-corrected chi connectivity index (χ2v) is 18.2. The van der Waals surface area contributed by atoms with Gasteiger partial charge in [0.25, 0.3) is 0 Å². The number of nitrogens with zero attached hydrogens (tertiary/aromatic N) is 3. The van der Waals surface area contributed by atoms with E-state index in [1.54, 1.807) is 0 Å². The van der Waals surface area contributed by atoms with E-state index in [9.17, 15) is 0 Å². The van der Waals surface area contributed by atoms with E-state index in [0.29, 0.717) is 5.82 Å². The normalized spacial score (nSPS) is 12.8. The van der Waals surface area contributed by atoms with Crippen molar-refractivity contribution in [3.63, 3.8) is 0 Å². The lowest BCUT2D eigenvalue weighted by atomic mass is 9.82. The van der Waals surface area contributed by atoms with Crippen LogP contribution in [0.5, 0.6) is 0 Å². The first-order valence-electron chi connectivity index (χ1n) is 22.8. The number of hydrogen-bond donors (Lipinski definition) is 0. The van der Waals surface area contributed by atoms with Gasteiger partial charge in [-0.3, -0.25) is 0 Å². The molecular formula is C63H43N3. The Morgan fingerprint density at radius 1 is 0.333 bits per heavy atom. The molecule has 0 saturated heterocycles. The van der Waals surface area contributed by atoms with Gasteiger partial charge < -0.3 is 4.57 Å². The van der Waals surface area contributed by atoms with Gasteiger partial charge in [0, 0.05) is 38.6 Å². The standard InChI is InChI=1S/C63H43N3/c1-63(2)56-27-15-13-25-51(56)52-31-30-44(37-57(52)63)58-39-59(65-62(64-58)41-19-7-4-8-20-41)46-33-45(55-36-43-21-9-10-22-48(43)49-23-11-12-24-50(49)55)34-47(35-46)66-60-28-16-14-26-53(60)54-32-29-42(38-61(54)66)40-17-5-3-6-18-40/h3-39H,1-2H3. The van der Waals surface area contributed by atoms with Gasteiger partial charge in [-0.1, -0.05) is 190 Å². The topological polar surface area (TPSA) is 30.7 Å².